The summed E-state index contributed by atoms with van der Waals surface area (Å²) in [6.45, 7) is 6.95. The van der Waals surface area contributed by atoms with Gasteiger partial charge in [-0.3, -0.25) is 4.79 Å². The Balaban J connectivity index is 1.64. The number of hydrogen-bond acceptors (Lipinski definition) is 3. The Hall–Kier alpha value is -1.79. The molecule has 0 radical (unpaired) electrons. The largest absolute Gasteiger partial charge is 0.375 e. The van der Waals surface area contributed by atoms with Gasteiger partial charge in [-0.2, -0.15) is 0 Å². The van der Waals surface area contributed by atoms with Crippen molar-refractivity contribution in [3.8, 4) is 0 Å². The molecular formula is C24H34F2N2O2. The minimum Gasteiger partial charge on any atom is -0.375 e. The van der Waals surface area contributed by atoms with E-state index in [4.69, 9.17) is 0 Å². The molecule has 2 aliphatic rings. The molecule has 1 aromatic carbocycles. The monoisotopic (exact) mass is 420 g/mol. The summed E-state index contributed by atoms with van der Waals surface area (Å²) in [6, 6.07) is 8.51. The number of benzene rings is 1. The van der Waals surface area contributed by atoms with Crippen LogP contribution in [-0.4, -0.2) is 47.5 Å². The topological polar surface area (TPSA) is 52.6 Å². The number of carbonyl (C=O) groups is 1. The normalized spacial score (nSPS) is 24.2. The molecular weight excluding hydrogens is 386 g/mol. The molecule has 1 heterocycles. The van der Waals surface area contributed by atoms with Gasteiger partial charge in [0, 0.05) is 44.4 Å². The molecule has 2 N–H and O–H groups in total. The van der Waals surface area contributed by atoms with Crippen molar-refractivity contribution in [1.82, 2.24) is 10.2 Å². The van der Waals surface area contributed by atoms with Crippen molar-refractivity contribution in [1.29, 1.82) is 0 Å². The molecule has 4 nitrogen and oxygen atoms in total. The van der Waals surface area contributed by atoms with E-state index in [2.05, 4.69) is 30.1 Å². The predicted molar refractivity (Wildman–Crippen MR) is 114 cm³/mol. The average molecular weight is 421 g/mol. The molecule has 0 spiro atoms. The van der Waals surface area contributed by atoms with E-state index in [-0.39, 0.29) is 18.9 Å². The first-order valence-corrected chi connectivity index (χ1v) is 11.0. The van der Waals surface area contributed by atoms with E-state index in [1.807, 2.05) is 0 Å². The highest BCUT2D eigenvalue weighted by atomic mass is 19.3. The second-order valence-corrected chi connectivity index (χ2v) is 9.09. The molecule has 1 aliphatic heterocycles. The quantitative estimate of drug-likeness (QED) is 0.649. The van der Waals surface area contributed by atoms with Gasteiger partial charge in [0.05, 0.1) is 0 Å². The fourth-order valence-corrected chi connectivity index (χ4v) is 4.68. The van der Waals surface area contributed by atoms with Crippen LogP contribution < -0.4 is 5.32 Å². The lowest BCUT2D eigenvalue weighted by atomic mass is 9.79. The van der Waals surface area contributed by atoms with Crippen molar-refractivity contribution < 1.29 is 18.7 Å². The second kappa shape index (κ2) is 9.56. The number of nitrogens with zero attached hydrogens (tertiary/aromatic N) is 1. The van der Waals surface area contributed by atoms with Crippen LogP contribution in [0, 0.1) is 5.92 Å². The maximum Gasteiger partial charge on any atom is 0.257 e. The van der Waals surface area contributed by atoms with Crippen molar-refractivity contribution >= 4 is 5.91 Å². The van der Waals surface area contributed by atoms with Crippen LogP contribution >= 0.6 is 0 Å². The van der Waals surface area contributed by atoms with E-state index >= 15 is 0 Å². The van der Waals surface area contributed by atoms with Crippen LogP contribution in [0.5, 0.6) is 0 Å². The van der Waals surface area contributed by atoms with Crippen LogP contribution in [0.15, 0.2) is 42.0 Å². The third-order valence-electron chi connectivity index (χ3n) is 6.48. The fraction of sp³-hybridized carbons (Fsp3) is 0.625. The maximum atomic E-state index is 13.9. The number of halogens is 2. The lowest BCUT2D eigenvalue weighted by Crippen LogP contribution is -2.54. The Morgan fingerprint density at radius 1 is 1.23 bits per heavy atom. The zero-order valence-electron chi connectivity index (χ0n) is 18.0. The van der Waals surface area contributed by atoms with Crippen LogP contribution in [0.3, 0.4) is 0 Å². The number of hydrogen-bond donors (Lipinski definition) is 2. The molecule has 30 heavy (non-hydrogen) atoms. The first kappa shape index (κ1) is 22.9. The highest BCUT2D eigenvalue weighted by molar-refractivity contribution is 5.87. The number of aliphatic hydroxyl groups is 1. The lowest BCUT2D eigenvalue weighted by Gasteiger charge is -2.37. The Morgan fingerprint density at radius 2 is 1.90 bits per heavy atom. The summed E-state index contributed by atoms with van der Waals surface area (Å²) < 4.78 is 27.8. The number of alkyl halides is 2. The molecule has 1 aliphatic carbocycles. The molecule has 2 fully saturated rings. The molecule has 0 aromatic heterocycles. The maximum absolute atomic E-state index is 13.9. The first-order valence-electron chi connectivity index (χ1n) is 11.0. The van der Waals surface area contributed by atoms with Gasteiger partial charge < -0.3 is 15.3 Å². The number of amides is 1. The second-order valence-electron chi connectivity index (χ2n) is 9.09. The van der Waals surface area contributed by atoms with Crippen molar-refractivity contribution in [2.45, 2.75) is 69.9 Å². The van der Waals surface area contributed by atoms with Crippen LogP contribution in [0.25, 0.3) is 0 Å². The van der Waals surface area contributed by atoms with Crippen molar-refractivity contribution in [3.63, 3.8) is 0 Å². The minimum atomic E-state index is -2.83. The molecule has 1 unspecified atom stereocenters. The van der Waals surface area contributed by atoms with Gasteiger partial charge in [0.2, 0.25) is 5.92 Å². The van der Waals surface area contributed by atoms with Crippen molar-refractivity contribution in [2.24, 2.45) is 5.92 Å². The number of likely N-dealkylation sites (tertiary alicyclic amines) is 1. The third-order valence-corrected chi connectivity index (χ3v) is 6.48. The Labute approximate surface area is 178 Å². The van der Waals surface area contributed by atoms with E-state index in [1.165, 1.54) is 5.57 Å². The standard InChI is InChI=1S/C24H34F2N2O2/c1-18(2)7-6-14-28-15-11-21(12-16-28)27-22(29)24(30,19-8-4-3-5-9-19)20-10-13-23(25,26)17-20/h3-5,7-9,20-21,30H,6,10-17H2,1-2H3,(H,27,29)/t20-,24?/m0/s1. The zero-order valence-corrected chi connectivity index (χ0v) is 18.0. The lowest BCUT2D eigenvalue weighted by molar-refractivity contribution is -0.149. The van der Waals surface area contributed by atoms with Crippen LogP contribution in [0.4, 0.5) is 8.78 Å². The van der Waals surface area contributed by atoms with E-state index < -0.39 is 29.8 Å². The summed E-state index contributed by atoms with van der Waals surface area (Å²) in [5, 5.41) is 14.5. The minimum absolute atomic E-state index is 0.0469. The zero-order chi connectivity index (χ0) is 21.8. The summed E-state index contributed by atoms with van der Waals surface area (Å²) in [6.07, 6.45) is 4.22. The van der Waals surface area contributed by atoms with Gasteiger partial charge in [-0.25, -0.2) is 8.78 Å². The molecule has 166 valence electrons. The van der Waals surface area contributed by atoms with Crippen molar-refractivity contribution in [3.05, 3.63) is 47.5 Å². The third kappa shape index (κ3) is 5.46. The summed E-state index contributed by atoms with van der Waals surface area (Å²) in [4.78, 5) is 15.6. The summed E-state index contributed by atoms with van der Waals surface area (Å²) >= 11 is 0. The van der Waals surface area contributed by atoms with E-state index in [0.29, 0.717) is 5.56 Å². The summed E-state index contributed by atoms with van der Waals surface area (Å²) in [7, 11) is 0. The van der Waals surface area contributed by atoms with Crippen molar-refractivity contribution in [2.75, 3.05) is 19.6 Å². The summed E-state index contributed by atoms with van der Waals surface area (Å²) in [5.41, 5.74) is -0.221. The SMILES string of the molecule is CC(C)=CCCN1CCC(NC(=O)C(O)(c2ccccc2)[C@H]2CCC(F)(F)C2)CC1. The number of allylic oxidation sites excluding steroid dienone is 1. The molecule has 1 aromatic rings. The number of rotatable bonds is 7. The van der Waals surface area contributed by atoms with Gasteiger partial charge >= 0.3 is 0 Å². The molecule has 1 amide bonds. The van der Waals surface area contributed by atoms with Gasteiger partial charge in [0.15, 0.2) is 5.60 Å². The van der Waals surface area contributed by atoms with E-state index in [1.54, 1.807) is 30.3 Å². The van der Waals surface area contributed by atoms with Gasteiger partial charge in [0.1, 0.15) is 0 Å². The van der Waals surface area contributed by atoms with Gasteiger partial charge in [0.25, 0.3) is 5.91 Å². The summed E-state index contributed by atoms with van der Waals surface area (Å²) in [5.74, 6) is -4.16. The molecule has 1 saturated heterocycles. The number of carbonyl (C=O) groups excluding carboxylic acids is 1. The van der Waals surface area contributed by atoms with Crippen LogP contribution in [0.2, 0.25) is 0 Å². The van der Waals surface area contributed by atoms with Crippen LogP contribution in [-0.2, 0) is 10.4 Å². The van der Waals surface area contributed by atoms with E-state index in [0.717, 1.165) is 38.9 Å². The molecule has 6 heteroatoms. The molecule has 3 rings (SSSR count). The first-order chi connectivity index (χ1) is 14.2. The van der Waals surface area contributed by atoms with Gasteiger partial charge in [-0.05, 0) is 45.1 Å². The molecule has 1 saturated carbocycles. The molecule has 0 bridgehead atoms. The number of nitrogens with one attached hydrogen (secondary N) is 1. The average Bonchev–Trinajstić information content (AvgIpc) is 3.09. The highest BCUT2D eigenvalue weighted by Gasteiger charge is 2.53. The Kier molecular flexibility index (Phi) is 7.30. The van der Waals surface area contributed by atoms with Gasteiger partial charge in [-0.1, -0.05) is 42.0 Å². The van der Waals surface area contributed by atoms with Crippen LogP contribution in [0.1, 0.15) is 57.9 Å². The predicted octanol–water partition coefficient (Wildman–Crippen LogP) is 4.25. The highest BCUT2D eigenvalue weighted by Crippen LogP contribution is 2.47. The Morgan fingerprint density at radius 3 is 2.47 bits per heavy atom. The Bertz CT molecular complexity index is 741. The van der Waals surface area contributed by atoms with E-state index in [9.17, 15) is 18.7 Å². The molecule has 2 atom stereocenters. The number of piperidine rings is 1. The van der Waals surface area contributed by atoms with Gasteiger partial charge in [-0.15, -0.1) is 0 Å². The fourth-order valence-electron chi connectivity index (χ4n) is 4.68. The smallest absolute Gasteiger partial charge is 0.257 e.